The Kier molecular flexibility index (Phi) is 3.19. The Morgan fingerprint density at radius 1 is 1.54 bits per heavy atom. The van der Waals surface area contributed by atoms with Gasteiger partial charge in [0.2, 0.25) is 0 Å². The number of hydrogen-bond acceptors (Lipinski definition) is 4. The fraction of sp³-hybridized carbons (Fsp3) is 0.556. The van der Waals surface area contributed by atoms with E-state index < -0.39 is 0 Å². The highest BCUT2D eigenvalue weighted by Crippen LogP contribution is 2.09. The number of aryl methyl sites for hydroxylation is 2. The molecule has 1 heterocycles. The molecule has 0 amide bonds. The highest BCUT2D eigenvalue weighted by molar-refractivity contribution is 5.40. The van der Waals surface area contributed by atoms with Crippen LogP contribution in [0.1, 0.15) is 18.3 Å². The van der Waals surface area contributed by atoms with Gasteiger partial charge in [0, 0.05) is 18.8 Å². The van der Waals surface area contributed by atoms with Crippen LogP contribution < -0.4 is 11.1 Å². The lowest BCUT2D eigenvalue weighted by molar-refractivity contribution is 0.792. The molecule has 1 aromatic rings. The maximum Gasteiger partial charge on any atom is 0.148 e. The first-order valence-electron chi connectivity index (χ1n) is 4.40. The Hall–Kier alpha value is -1.16. The maximum absolute atomic E-state index is 5.50. The summed E-state index contributed by atoms with van der Waals surface area (Å²) in [6.45, 7) is 6.46. The van der Waals surface area contributed by atoms with Gasteiger partial charge in [-0.25, -0.2) is 4.98 Å². The average molecular weight is 180 g/mol. The van der Waals surface area contributed by atoms with Crippen LogP contribution in [0.4, 0.5) is 5.82 Å². The lowest BCUT2D eigenvalue weighted by Crippen LogP contribution is -2.26. The first-order valence-corrected chi connectivity index (χ1v) is 4.40. The molecule has 0 aliphatic carbocycles. The van der Waals surface area contributed by atoms with E-state index in [-0.39, 0.29) is 6.04 Å². The monoisotopic (exact) mass is 180 g/mol. The van der Waals surface area contributed by atoms with Gasteiger partial charge in [-0.1, -0.05) is 0 Å². The molecular weight excluding hydrogens is 164 g/mol. The second kappa shape index (κ2) is 4.18. The van der Waals surface area contributed by atoms with E-state index in [4.69, 9.17) is 5.73 Å². The van der Waals surface area contributed by atoms with Gasteiger partial charge in [-0.15, -0.1) is 0 Å². The molecule has 0 radical (unpaired) electrons. The van der Waals surface area contributed by atoms with Crippen molar-refractivity contribution >= 4 is 5.82 Å². The standard InChI is InChI=1S/C9H16N4/c1-6(4-10)12-9-8(3)11-5-7(2)13-9/h5-6H,4,10H2,1-3H3,(H,12,13). The van der Waals surface area contributed by atoms with Gasteiger partial charge >= 0.3 is 0 Å². The average Bonchev–Trinajstić information content (AvgIpc) is 2.11. The van der Waals surface area contributed by atoms with Crippen molar-refractivity contribution in [3.05, 3.63) is 17.6 Å². The van der Waals surface area contributed by atoms with Crippen LogP contribution in [0, 0.1) is 13.8 Å². The lowest BCUT2D eigenvalue weighted by atomic mass is 10.3. The first-order chi connectivity index (χ1) is 6.13. The van der Waals surface area contributed by atoms with Crippen molar-refractivity contribution in [1.29, 1.82) is 0 Å². The Balaban J connectivity index is 2.81. The number of hydrogen-bond donors (Lipinski definition) is 2. The summed E-state index contributed by atoms with van der Waals surface area (Å²) in [5.41, 5.74) is 7.32. The Bertz CT molecular complexity index is 285. The second-order valence-electron chi connectivity index (χ2n) is 3.23. The number of anilines is 1. The van der Waals surface area contributed by atoms with Crippen molar-refractivity contribution in [3.63, 3.8) is 0 Å². The number of nitrogens with two attached hydrogens (primary N) is 1. The Morgan fingerprint density at radius 3 is 2.85 bits per heavy atom. The van der Waals surface area contributed by atoms with Gasteiger partial charge in [-0.2, -0.15) is 0 Å². The maximum atomic E-state index is 5.50. The van der Waals surface area contributed by atoms with Crippen LogP contribution in [-0.2, 0) is 0 Å². The predicted molar refractivity (Wildman–Crippen MR) is 53.6 cm³/mol. The molecule has 0 saturated carbocycles. The van der Waals surface area contributed by atoms with Gasteiger partial charge in [0.15, 0.2) is 0 Å². The molecule has 4 nitrogen and oxygen atoms in total. The molecule has 0 fully saturated rings. The van der Waals surface area contributed by atoms with Gasteiger partial charge in [0.1, 0.15) is 5.82 Å². The largest absolute Gasteiger partial charge is 0.365 e. The molecule has 1 unspecified atom stereocenters. The van der Waals surface area contributed by atoms with Crippen LogP contribution >= 0.6 is 0 Å². The van der Waals surface area contributed by atoms with E-state index in [1.165, 1.54) is 0 Å². The molecule has 1 aromatic heterocycles. The van der Waals surface area contributed by atoms with Crippen LogP contribution in [-0.4, -0.2) is 22.6 Å². The van der Waals surface area contributed by atoms with Gasteiger partial charge in [-0.3, -0.25) is 4.98 Å². The second-order valence-corrected chi connectivity index (χ2v) is 3.23. The molecule has 72 valence electrons. The van der Waals surface area contributed by atoms with Crippen molar-refractivity contribution < 1.29 is 0 Å². The highest BCUT2D eigenvalue weighted by Gasteiger charge is 2.04. The molecule has 0 saturated heterocycles. The summed E-state index contributed by atoms with van der Waals surface area (Å²) in [6, 6.07) is 0.231. The topological polar surface area (TPSA) is 63.8 Å². The SMILES string of the molecule is Cc1cnc(C)c(NC(C)CN)n1. The van der Waals surface area contributed by atoms with E-state index >= 15 is 0 Å². The van der Waals surface area contributed by atoms with Gasteiger partial charge in [0.05, 0.1) is 11.4 Å². The molecule has 1 rings (SSSR count). The van der Waals surface area contributed by atoms with Crippen LogP contribution in [0.5, 0.6) is 0 Å². The van der Waals surface area contributed by atoms with E-state index in [0.29, 0.717) is 6.54 Å². The third-order valence-corrected chi connectivity index (χ3v) is 1.81. The zero-order chi connectivity index (χ0) is 9.84. The van der Waals surface area contributed by atoms with Crippen molar-refractivity contribution in [2.24, 2.45) is 5.73 Å². The predicted octanol–water partition coefficient (Wildman–Crippen LogP) is 0.853. The Labute approximate surface area is 78.6 Å². The normalized spacial score (nSPS) is 12.6. The van der Waals surface area contributed by atoms with Gasteiger partial charge < -0.3 is 11.1 Å². The number of rotatable bonds is 3. The van der Waals surface area contributed by atoms with E-state index in [9.17, 15) is 0 Å². The number of aromatic nitrogens is 2. The summed E-state index contributed by atoms with van der Waals surface area (Å²) in [5.74, 6) is 0.831. The molecule has 13 heavy (non-hydrogen) atoms. The van der Waals surface area contributed by atoms with Gasteiger partial charge in [0.25, 0.3) is 0 Å². The molecule has 0 bridgehead atoms. The summed E-state index contributed by atoms with van der Waals surface area (Å²) >= 11 is 0. The van der Waals surface area contributed by atoms with Crippen molar-refractivity contribution in [1.82, 2.24) is 9.97 Å². The number of nitrogens with zero attached hydrogens (tertiary/aromatic N) is 2. The third-order valence-electron chi connectivity index (χ3n) is 1.81. The van der Waals surface area contributed by atoms with Gasteiger partial charge in [-0.05, 0) is 20.8 Å². The summed E-state index contributed by atoms with van der Waals surface area (Å²) < 4.78 is 0. The highest BCUT2D eigenvalue weighted by atomic mass is 15.0. The summed E-state index contributed by atoms with van der Waals surface area (Å²) in [5, 5.41) is 3.20. The third kappa shape index (κ3) is 2.66. The van der Waals surface area contributed by atoms with Crippen LogP contribution in [0.2, 0.25) is 0 Å². The first kappa shape index (κ1) is 9.92. The molecular formula is C9H16N4. The molecule has 3 N–H and O–H groups in total. The minimum Gasteiger partial charge on any atom is -0.365 e. The van der Waals surface area contributed by atoms with E-state index in [1.807, 2.05) is 20.8 Å². The van der Waals surface area contributed by atoms with E-state index in [1.54, 1.807) is 6.20 Å². The molecule has 0 aromatic carbocycles. The number of nitrogens with one attached hydrogen (secondary N) is 1. The summed E-state index contributed by atoms with van der Waals surface area (Å²) in [7, 11) is 0. The molecule has 1 atom stereocenters. The zero-order valence-electron chi connectivity index (χ0n) is 8.33. The fourth-order valence-electron chi connectivity index (χ4n) is 0.967. The molecule has 0 aliphatic rings. The van der Waals surface area contributed by atoms with Crippen LogP contribution in [0.15, 0.2) is 6.20 Å². The zero-order valence-corrected chi connectivity index (χ0v) is 8.33. The van der Waals surface area contributed by atoms with Crippen LogP contribution in [0.25, 0.3) is 0 Å². The minimum absolute atomic E-state index is 0.231. The van der Waals surface area contributed by atoms with Crippen molar-refractivity contribution in [2.75, 3.05) is 11.9 Å². The van der Waals surface area contributed by atoms with Crippen molar-refractivity contribution in [2.45, 2.75) is 26.8 Å². The fourth-order valence-corrected chi connectivity index (χ4v) is 0.967. The molecule has 0 aliphatic heterocycles. The Morgan fingerprint density at radius 2 is 2.23 bits per heavy atom. The van der Waals surface area contributed by atoms with Crippen LogP contribution in [0.3, 0.4) is 0 Å². The molecule has 4 heteroatoms. The lowest BCUT2D eigenvalue weighted by Gasteiger charge is -2.13. The van der Waals surface area contributed by atoms with Crippen molar-refractivity contribution in [3.8, 4) is 0 Å². The van der Waals surface area contributed by atoms with E-state index in [2.05, 4.69) is 15.3 Å². The summed E-state index contributed by atoms with van der Waals surface area (Å²) in [6.07, 6.45) is 1.76. The molecule has 0 spiro atoms. The minimum atomic E-state index is 0.231. The smallest absolute Gasteiger partial charge is 0.148 e. The summed E-state index contributed by atoms with van der Waals surface area (Å²) in [4.78, 5) is 8.53. The van der Waals surface area contributed by atoms with E-state index in [0.717, 1.165) is 17.2 Å². The quantitative estimate of drug-likeness (QED) is 0.724.